The van der Waals surface area contributed by atoms with E-state index in [-0.39, 0.29) is 5.92 Å². The van der Waals surface area contributed by atoms with Crippen molar-refractivity contribution in [2.75, 3.05) is 0 Å². The van der Waals surface area contributed by atoms with Crippen molar-refractivity contribution in [1.82, 2.24) is 0 Å². The van der Waals surface area contributed by atoms with E-state index in [0.29, 0.717) is 0 Å². The maximum absolute atomic E-state index is 12.7. The van der Waals surface area contributed by atoms with Crippen molar-refractivity contribution >= 4 is 11.6 Å². The molecule has 2 rings (SSSR count). The standard InChI is InChI=1S/C9H6ClF2/c10-7-4-6(7)5-1-2-8(11)9(12)3-5/h1-3,6H,4H2. The van der Waals surface area contributed by atoms with Crippen LogP contribution in [-0.4, -0.2) is 0 Å². The molecule has 63 valence electrons. The molecule has 0 amide bonds. The first-order chi connectivity index (χ1) is 5.68. The average molecular weight is 188 g/mol. The Bertz CT molecular complexity index is 311. The lowest BCUT2D eigenvalue weighted by molar-refractivity contribution is 0.507. The third-order valence-corrected chi connectivity index (χ3v) is 2.38. The first kappa shape index (κ1) is 7.99. The van der Waals surface area contributed by atoms with Gasteiger partial charge in [-0.1, -0.05) is 6.07 Å². The zero-order valence-electron chi connectivity index (χ0n) is 6.15. The average Bonchev–Trinajstić information content (AvgIpc) is 2.73. The summed E-state index contributed by atoms with van der Waals surface area (Å²) in [7, 11) is 0. The fourth-order valence-electron chi connectivity index (χ4n) is 1.16. The zero-order chi connectivity index (χ0) is 8.72. The molecule has 0 spiro atoms. The summed E-state index contributed by atoms with van der Waals surface area (Å²) in [6.45, 7) is 0. The van der Waals surface area contributed by atoms with Crippen molar-refractivity contribution in [3.63, 3.8) is 0 Å². The fraction of sp³-hybridized carbons (Fsp3) is 0.222. The van der Waals surface area contributed by atoms with E-state index in [9.17, 15) is 8.78 Å². The van der Waals surface area contributed by atoms with Crippen molar-refractivity contribution in [2.24, 2.45) is 0 Å². The van der Waals surface area contributed by atoms with Gasteiger partial charge in [0, 0.05) is 5.92 Å². The van der Waals surface area contributed by atoms with Gasteiger partial charge in [0.1, 0.15) is 0 Å². The van der Waals surface area contributed by atoms with E-state index in [1.165, 1.54) is 6.07 Å². The van der Waals surface area contributed by atoms with Crippen LogP contribution >= 0.6 is 11.6 Å². The molecule has 0 bridgehead atoms. The van der Waals surface area contributed by atoms with E-state index < -0.39 is 11.6 Å². The van der Waals surface area contributed by atoms with Crippen LogP contribution in [0.3, 0.4) is 0 Å². The smallest absolute Gasteiger partial charge is 0.159 e. The molecule has 0 aliphatic heterocycles. The number of hydrogen-bond donors (Lipinski definition) is 0. The van der Waals surface area contributed by atoms with Gasteiger partial charge in [0.15, 0.2) is 11.6 Å². The minimum Gasteiger partial charge on any atom is -0.204 e. The monoisotopic (exact) mass is 187 g/mol. The normalized spacial score (nSPS) is 22.8. The molecule has 1 aliphatic rings. The lowest BCUT2D eigenvalue weighted by Gasteiger charge is -1.97. The lowest BCUT2D eigenvalue weighted by Crippen LogP contribution is -1.86. The zero-order valence-corrected chi connectivity index (χ0v) is 6.91. The Labute approximate surface area is 74.2 Å². The van der Waals surface area contributed by atoms with Gasteiger partial charge in [-0.25, -0.2) is 8.78 Å². The molecule has 1 atom stereocenters. The summed E-state index contributed by atoms with van der Waals surface area (Å²) in [5, 5.41) is 0.820. The third kappa shape index (κ3) is 1.31. The highest BCUT2D eigenvalue weighted by atomic mass is 35.5. The van der Waals surface area contributed by atoms with Crippen molar-refractivity contribution in [2.45, 2.75) is 12.3 Å². The summed E-state index contributed by atoms with van der Waals surface area (Å²) in [4.78, 5) is 0. The molecule has 0 nitrogen and oxygen atoms in total. The predicted molar refractivity (Wildman–Crippen MR) is 42.8 cm³/mol. The minimum atomic E-state index is -0.810. The van der Waals surface area contributed by atoms with Gasteiger partial charge in [0.25, 0.3) is 0 Å². The number of halogens is 3. The van der Waals surface area contributed by atoms with Gasteiger partial charge in [0.05, 0.1) is 5.38 Å². The van der Waals surface area contributed by atoms with Crippen LogP contribution in [0, 0.1) is 17.0 Å². The maximum Gasteiger partial charge on any atom is 0.159 e. The molecule has 0 aromatic heterocycles. The van der Waals surface area contributed by atoms with E-state index >= 15 is 0 Å². The Kier molecular flexibility index (Phi) is 1.80. The predicted octanol–water partition coefficient (Wildman–Crippen LogP) is 3.22. The van der Waals surface area contributed by atoms with Gasteiger partial charge in [-0.05, 0) is 24.1 Å². The van der Waals surface area contributed by atoms with Crippen molar-refractivity contribution in [3.8, 4) is 0 Å². The van der Waals surface area contributed by atoms with Crippen LogP contribution in [0.5, 0.6) is 0 Å². The second-order valence-electron chi connectivity index (χ2n) is 2.88. The summed E-state index contributed by atoms with van der Waals surface area (Å²) in [5.41, 5.74) is 0.763. The molecule has 1 aliphatic carbocycles. The molecule has 0 saturated heterocycles. The van der Waals surface area contributed by atoms with Gasteiger partial charge in [0.2, 0.25) is 0 Å². The first-order valence-electron chi connectivity index (χ1n) is 3.64. The van der Waals surface area contributed by atoms with E-state index in [4.69, 9.17) is 11.6 Å². The summed E-state index contributed by atoms with van der Waals surface area (Å²) in [6, 6.07) is 3.90. The number of benzene rings is 1. The van der Waals surface area contributed by atoms with Crippen LogP contribution in [0.1, 0.15) is 17.9 Å². The van der Waals surface area contributed by atoms with E-state index in [1.807, 2.05) is 0 Å². The highest BCUT2D eigenvalue weighted by Crippen LogP contribution is 2.52. The number of hydrogen-bond acceptors (Lipinski definition) is 0. The van der Waals surface area contributed by atoms with Gasteiger partial charge < -0.3 is 0 Å². The Morgan fingerprint density at radius 3 is 2.42 bits per heavy atom. The van der Waals surface area contributed by atoms with Crippen LogP contribution in [0.15, 0.2) is 18.2 Å². The molecule has 1 aromatic rings. The second-order valence-corrected chi connectivity index (χ2v) is 3.36. The van der Waals surface area contributed by atoms with E-state index in [0.717, 1.165) is 23.4 Å². The Morgan fingerprint density at radius 2 is 1.92 bits per heavy atom. The summed E-state index contributed by atoms with van der Waals surface area (Å²) >= 11 is 5.68. The van der Waals surface area contributed by atoms with Crippen molar-refractivity contribution < 1.29 is 8.78 Å². The molecular formula is C9H6ClF2. The molecule has 3 heteroatoms. The Balaban J connectivity index is 2.29. The molecule has 0 N–H and O–H groups in total. The number of rotatable bonds is 1. The third-order valence-electron chi connectivity index (χ3n) is 1.96. The van der Waals surface area contributed by atoms with Gasteiger partial charge >= 0.3 is 0 Å². The SMILES string of the molecule is Fc1ccc(C2C[C]2Cl)cc1F. The molecule has 1 fully saturated rings. The molecule has 1 unspecified atom stereocenters. The molecule has 0 heterocycles. The van der Waals surface area contributed by atoms with Crippen molar-refractivity contribution in [1.29, 1.82) is 0 Å². The lowest BCUT2D eigenvalue weighted by atomic mass is 10.1. The maximum atomic E-state index is 12.7. The summed E-state index contributed by atoms with van der Waals surface area (Å²) < 4.78 is 25.1. The topological polar surface area (TPSA) is 0 Å². The van der Waals surface area contributed by atoms with E-state index in [2.05, 4.69) is 0 Å². The molecule has 1 saturated carbocycles. The van der Waals surface area contributed by atoms with Crippen LogP contribution in [0.25, 0.3) is 0 Å². The van der Waals surface area contributed by atoms with Crippen LogP contribution < -0.4 is 0 Å². The largest absolute Gasteiger partial charge is 0.204 e. The van der Waals surface area contributed by atoms with Gasteiger partial charge in [-0.15, -0.1) is 11.6 Å². The highest BCUT2D eigenvalue weighted by Gasteiger charge is 2.37. The Morgan fingerprint density at radius 1 is 1.25 bits per heavy atom. The quantitative estimate of drug-likeness (QED) is 0.633. The van der Waals surface area contributed by atoms with Crippen LogP contribution in [0.4, 0.5) is 8.78 Å². The first-order valence-corrected chi connectivity index (χ1v) is 4.02. The second kappa shape index (κ2) is 2.70. The summed E-state index contributed by atoms with van der Waals surface area (Å²) in [5.74, 6) is -1.47. The van der Waals surface area contributed by atoms with Crippen LogP contribution in [-0.2, 0) is 0 Å². The van der Waals surface area contributed by atoms with E-state index in [1.54, 1.807) is 6.07 Å². The Hall–Kier alpha value is -0.630. The molecular weight excluding hydrogens is 182 g/mol. The van der Waals surface area contributed by atoms with Crippen molar-refractivity contribution in [3.05, 3.63) is 40.8 Å². The van der Waals surface area contributed by atoms with Gasteiger partial charge in [-0.3, -0.25) is 0 Å². The molecule has 12 heavy (non-hydrogen) atoms. The highest BCUT2D eigenvalue weighted by molar-refractivity contribution is 6.30. The summed E-state index contributed by atoms with van der Waals surface area (Å²) in [6.07, 6.45) is 0.784. The minimum absolute atomic E-state index is 0.141. The molecule has 1 radical (unpaired) electrons. The van der Waals surface area contributed by atoms with Gasteiger partial charge in [-0.2, -0.15) is 0 Å². The fourth-order valence-corrected chi connectivity index (χ4v) is 1.44. The van der Waals surface area contributed by atoms with Crippen LogP contribution in [0.2, 0.25) is 0 Å². The molecule has 1 aromatic carbocycles.